The fourth-order valence-electron chi connectivity index (χ4n) is 2.39. The van der Waals surface area contributed by atoms with E-state index in [0.717, 1.165) is 12.0 Å². The molecule has 0 saturated carbocycles. The standard InChI is InChI=1S/C18H17N3O4/c1-3-11-4-9-15-14(10-11)16(17(22)19-15)20-21-18(23)25-13-7-5-12(24-2)6-8-13/h4-10,19,22H,3H2,1-2H3. The van der Waals surface area contributed by atoms with Crippen LogP contribution in [0.4, 0.5) is 10.5 Å². The van der Waals surface area contributed by atoms with E-state index in [-0.39, 0.29) is 11.6 Å². The topological polar surface area (TPSA) is 96.3 Å². The zero-order valence-electron chi connectivity index (χ0n) is 13.8. The number of nitrogens with zero attached hydrogens (tertiary/aromatic N) is 2. The lowest BCUT2D eigenvalue weighted by molar-refractivity contribution is 0.209. The first-order valence-corrected chi connectivity index (χ1v) is 7.72. The third kappa shape index (κ3) is 3.60. The van der Waals surface area contributed by atoms with Crippen LogP contribution in [0, 0.1) is 0 Å². The van der Waals surface area contributed by atoms with E-state index >= 15 is 0 Å². The zero-order valence-corrected chi connectivity index (χ0v) is 13.8. The lowest BCUT2D eigenvalue weighted by Gasteiger charge is -2.02. The van der Waals surface area contributed by atoms with Crippen molar-refractivity contribution in [2.75, 3.05) is 7.11 Å². The van der Waals surface area contributed by atoms with Crippen LogP contribution in [0.3, 0.4) is 0 Å². The van der Waals surface area contributed by atoms with Gasteiger partial charge in [-0.2, -0.15) is 0 Å². The van der Waals surface area contributed by atoms with Gasteiger partial charge in [-0.25, -0.2) is 4.79 Å². The van der Waals surface area contributed by atoms with Gasteiger partial charge >= 0.3 is 6.09 Å². The smallest absolute Gasteiger partial charge is 0.457 e. The Morgan fingerprint density at radius 3 is 2.56 bits per heavy atom. The number of hydrogen-bond donors (Lipinski definition) is 2. The molecule has 1 amide bonds. The van der Waals surface area contributed by atoms with E-state index in [4.69, 9.17) is 9.47 Å². The maximum Gasteiger partial charge on any atom is 0.457 e. The normalized spacial score (nSPS) is 11.1. The van der Waals surface area contributed by atoms with Crippen molar-refractivity contribution in [3.63, 3.8) is 0 Å². The summed E-state index contributed by atoms with van der Waals surface area (Å²) < 4.78 is 10.1. The molecule has 0 aliphatic rings. The lowest BCUT2D eigenvalue weighted by atomic mass is 10.1. The first kappa shape index (κ1) is 16.5. The summed E-state index contributed by atoms with van der Waals surface area (Å²) in [5.74, 6) is 0.822. The first-order valence-electron chi connectivity index (χ1n) is 7.72. The fourth-order valence-corrected chi connectivity index (χ4v) is 2.39. The van der Waals surface area contributed by atoms with Crippen LogP contribution in [-0.4, -0.2) is 23.3 Å². The average Bonchev–Trinajstić information content (AvgIpc) is 2.94. The Balaban J connectivity index is 1.79. The van der Waals surface area contributed by atoms with Gasteiger partial charge in [0.1, 0.15) is 11.5 Å². The van der Waals surface area contributed by atoms with E-state index in [1.54, 1.807) is 31.4 Å². The lowest BCUT2D eigenvalue weighted by Crippen LogP contribution is -2.00. The quantitative estimate of drug-likeness (QED) is 0.672. The summed E-state index contributed by atoms with van der Waals surface area (Å²) >= 11 is 0. The van der Waals surface area contributed by atoms with E-state index in [2.05, 4.69) is 15.2 Å². The minimum Gasteiger partial charge on any atom is -0.497 e. The van der Waals surface area contributed by atoms with Gasteiger partial charge in [0.15, 0.2) is 5.69 Å². The molecule has 0 atom stereocenters. The second-order valence-electron chi connectivity index (χ2n) is 5.30. The summed E-state index contributed by atoms with van der Waals surface area (Å²) in [6, 6.07) is 12.2. The van der Waals surface area contributed by atoms with E-state index < -0.39 is 6.09 Å². The van der Waals surface area contributed by atoms with Gasteiger partial charge in [0.05, 0.1) is 12.6 Å². The maximum atomic E-state index is 11.8. The summed E-state index contributed by atoms with van der Waals surface area (Å²) in [4.78, 5) is 14.6. The van der Waals surface area contributed by atoms with E-state index in [9.17, 15) is 9.90 Å². The Morgan fingerprint density at radius 1 is 1.16 bits per heavy atom. The third-order valence-electron chi connectivity index (χ3n) is 3.72. The minimum atomic E-state index is -0.884. The van der Waals surface area contributed by atoms with Crippen LogP contribution < -0.4 is 9.47 Å². The molecule has 0 unspecified atom stereocenters. The van der Waals surface area contributed by atoms with E-state index in [0.29, 0.717) is 22.4 Å². The van der Waals surface area contributed by atoms with Gasteiger partial charge < -0.3 is 19.6 Å². The molecule has 3 rings (SSSR count). The van der Waals surface area contributed by atoms with Gasteiger partial charge in [-0.3, -0.25) is 0 Å². The third-order valence-corrected chi connectivity index (χ3v) is 3.72. The number of benzene rings is 2. The maximum absolute atomic E-state index is 11.8. The van der Waals surface area contributed by atoms with Gasteiger partial charge in [-0.15, -0.1) is 5.11 Å². The highest BCUT2D eigenvalue weighted by atomic mass is 16.6. The van der Waals surface area contributed by atoms with Gasteiger partial charge in [0, 0.05) is 5.39 Å². The number of rotatable bonds is 4. The second kappa shape index (κ2) is 7.04. The van der Waals surface area contributed by atoms with Crippen LogP contribution in [0.1, 0.15) is 12.5 Å². The first-order chi connectivity index (χ1) is 12.1. The molecule has 3 aromatic rings. The number of methoxy groups -OCH3 is 1. The van der Waals surface area contributed by atoms with Crippen molar-refractivity contribution in [2.45, 2.75) is 13.3 Å². The molecule has 0 spiro atoms. The molecule has 0 radical (unpaired) electrons. The molecule has 0 aliphatic carbocycles. The van der Waals surface area contributed by atoms with Crippen molar-refractivity contribution in [2.24, 2.45) is 10.2 Å². The van der Waals surface area contributed by atoms with Crippen LogP contribution in [0.5, 0.6) is 17.4 Å². The number of nitrogens with one attached hydrogen (secondary N) is 1. The number of aromatic nitrogens is 1. The van der Waals surface area contributed by atoms with Crippen molar-refractivity contribution in [1.29, 1.82) is 0 Å². The number of ether oxygens (including phenoxy) is 2. The summed E-state index contributed by atoms with van der Waals surface area (Å²) in [6.07, 6.45) is -0.0385. The van der Waals surface area contributed by atoms with Gasteiger partial charge in [0.25, 0.3) is 0 Å². The number of carbonyl (C=O) groups excluding carboxylic acids is 1. The molecule has 0 aliphatic heterocycles. The van der Waals surface area contributed by atoms with Crippen LogP contribution in [0.25, 0.3) is 10.9 Å². The number of aromatic amines is 1. The highest BCUT2D eigenvalue weighted by molar-refractivity contribution is 5.94. The van der Waals surface area contributed by atoms with Crippen molar-refractivity contribution < 1.29 is 19.4 Å². The minimum absolute atomic E-state index is 0.149. The molecule has 1 heterocycles. The average molecular weight is 339 g/mol. The Labute approximate surface area is 143 Å². The van der Waals surface area contributed by atoms with Gasteiger partial charge in [-0.05, 0) is 48.4 Å². The Bertz CT molecular complexity index is 929. The zero-order chi connectivity index (χ0) is 17.8. The molecular formula is C18H17N3O4. The molecule has 0 saturated heterocycles. The van der Waals surface area contributed by atoms with Gasteiger partial charge in [0.2, 0.25) is 5.88 Å². The molecule has 2 N–H and O–H groups in total. The summed E-state index contributed by atoms with van der Waals surface area (Å²) in [5.41, 5.74) is 2.01. The van der Waals surface area contributed by atoms with Crippen LogP contribution in [0.15, 0.2) is 52.7 Å². The Kier molecular flexibility index (Phi) is 4.65. The number of azo groups is 1. The van der Waals surface area contributed by atoms with Crippen LogP contribution >= 0.6 is 0 Å². The molecule has 1 aromatic heterocycles. The predicted molar refractivity (Wildman–Crippen MR) is 92.9 cm³/mol. The second-order valence-corrected chi connectivity index (χ2v) is 5.30. The molecule has 7 nitrogen and oxygen atoms in total. The van der Waals surface area contributed by atoms with Gasteiger partial charge in [-0.1, -0.05) is 18.1 Å². The summed E-state index contributed by atoms with van der Waals surface area (Å²) in [7, 11) is 1.55. The van der Waals surface area contributed by atoms with Crippen molar-refractivity contribution >= 4 is 22.7 Å². The number of aryl methyl sites for hydroxylation is 1. The molecule has 0 bridgehead atoms. The number of carbonyl (C=O) groups is 1. The SMILES string of the molecule is CCc1ccc2[nH]c(O)c(N=NC(=O)Oc3ccc(OC)cc3)c2c1. The molecule has 2 aromatic carbocycles. The predicted octanol–water partition coefficient (Wildman–Crippen LogP) is 4.73. The number of fused-ring (bicyclic) bond motifs is 1. The van der Waals surface area contributed by atoms with Crippen LogP contribution in [-0.2, 0) is 6.42 Å². The molecule has 25 heavy (non-hydrogen) atoms. The highest BCUT2D eigenvalue weighted by Gasteiger charge is 2.12. The van der Waals surface area contributed by atoms with Crippen LogP contribution in [0.2, 0.25) is 0 Å². The fraction of sp³-hybridized carbons (Fsp3) is 0.167. The van der Waals surface area contributed by atoms with E-state index in [1.165, 1.54) is 0 Å². The molecule has 0 fully saturated rings. The highest BCUT2D eigenvalue weighted by Crippen LogP contribution is 2.36. The number of H-pyrrole nitrogens is 1. The van der Waals surface area contributed by atoms with E-state index in [1.807, 2.05) is 25.1 Å². The Morgan fingerprint density at radius 2 is 1.88 bits per heavy atom. The summed E-state index contributed by atoms with van der Waals surface area (Å²) in [5, 5.41) is 18.0. The summed E-state index contributed by atoms with van der Waals surface area (Å²) in [6.45, 7) is 2.03. The molecular weight excluding hydrogens is 322 g/mol. The molecule has 7 heteroatoms. The number of aromatic hydroxyl groups is 1. The van der Waals surface area contributed by atoms with Crippen molar-refractivity contribution in [3.8, 4) is 17.4 Å². The monoisotopic (exact) mass is 339 g/mol. The largest absolute Gasteiger partial charge is 0.497 e. The van der Waals surface area contributed by atoms with Crippen molar-refractivity contribution in [1.82, 2.24) is 4.98 Å². The van der Waals surface area contributed by atoms with Crippen molar-refractivity contribution in [3.05, 3.63) is 48.0 Å². The number of amides is 1. The molecule has 128 valence electrons. The number of hydrogen-bond acceptors (Lipinski definition) is 5. The Hall–Kier alpha value is -3.35.